The Morgan fingerprint density at radius 1 is 0.647 bits per heavy atom. The van der Waals surface area contributed by atoms with E-state index in [2.05, 4.69) is 13.8 Å². The van der Waals surface area contributed by atoms with Gasteiger partial charge in [-0.25, -0.2) is 0 Å². The number of benzene rings is 3. The molecular weight excluding hydrogens is 432 g/mol. The summed E-state index contributed by atoms with van der Waals surface area (Å²) in [5.41, 5.74) is 3.99. The van der Waals surface area contributed by atoms with Crippen molar-refractivity contribution in [2.75, 3.05) is 26.4 Å². The van der Waals surface area contributed by atoms with Crippen LogP contribution in [0.4, 0.5) is 0 Å². The Bertz CT molecular complexity index is 1030. The Balaban J connectivity index is 1.75. The minimum absolute atomic E-state index is 0.0225. The zero-order valence-corrected chi connectivity index (χ0v) is 19.8. The number of aliphatic hydroxyl groups excluding tert-OH is 2. The maximum Gasteiger partial charge on any atom is 0.160 e. The van der Waals surface area contributed by atoms with E-state index in [1.165, 1.54) is 0 Å². The van der Waals surface area contributed by atoms with Gasteiger partial charge < -0.3 is 29.9 Å². The zero-order valence-electron chi connectivity index (χ0n) is 19.8. The zero-order chi connectivity index (χ0) is 24.5. The Labute approximate surface area is 201 Å². The SMILES string of the molecule is CC(Cc1ccc(O)c(O)c1CC(C)c1ccc(OCCO)cc1)c1ccc(OCCO)cc1. The highest BCUT2D eigenvalue weighted by Gasteiger charge is 2.19. The highest BCUT2D eigenvalue weighted by Crippen LogP contribution is 2.37. The van der Waals surface area contributed by atoms with Gasteiger partial charge >= 0.3 is 0 Å². The maximum absolute atomic E-state index is 10.7. The van der Waals surface area contributed by atoms with Gasteiger partial charge in [0.1, 0.15) is 24.7 Å². The molecule has 0 aliphatic carbocycles. The van der Waals surface area contributed by atoms with Crippen molar-refractivity contribution in [1.29, 1.82) is 0 Å². The summed E-state index contributed by atoms with van der Waals surface area (Å²) < 4.78 is 10.9. The van der Waals surface area contributed by atoms with Gasteiger partial charge in [-0.1, -0.05) is 44.2 Å². The van der Waals surface area contributed by atoms with Crippen LogP contribution < -0.4 is 9.47 Å². The smallest absolute Gasteiger partial charge is 0.160 e. The maximum atomic E-state index is 10.7. The van der Waals surface area contributed by atoms with Crippen LogP contribution in [0.2, 0.25) is 0 Å². The number of hydrogen-bond donors (Lipinski definition) is 4. The molecule has 0 heterocycles. The minimum Gasteiger partial charge on any atom is -0.504 e. The number of phenolic OH excluding ortho intramolecular Hbond substituents is 2. The second-order valence-electron chi connectivity index (χ2n) is 8.56. The molecule has 2 unspecified atom stereocenters. The number of phenols is 2. The van der Waals surface area contributed by atoms with Gasteiger partial charge in [0.2, 0.25) is 0 Å². The molecule has 0 fully saturated rings. The van der Waals surface area contributed by atoms with Crippen LogP contribution in [0, 0.1) is 0 Å². The molecule has 0 radical (unpaired) electrons. The van der Waals surface area contributed by atoms with E-state index >= 15 is 0 Å². The molecule has 3 aromatic carbocycles. The summed E-state index contributed by atoms with van der Waals surface area (Å²) >= 11 is 0. The fourth-order valence-electron chi connectivity index (χ4n) is 4.07. The van der Waals surface area contributed by atoms with Crippen LogP contribution in [0.1, 0.15) is 47.9 Å². The summed E-state index contributed by atoms with van der Waals surface area (Å²) in [5, 5.41) is 38.7. The summed E-state index contributed by atoms with van der Waals surface area (Å²) in [6.45, 7) is 4.69. The normalized spacial score (nSPS) is 12.8. The van der Waals surface area contributed by atoms with Crippen LogP contribution in [-0.4, -0.2) is 46.9 Å². The number of ether oxygens (including phenoxy) is 2. The second kappa shape index (κ2) is 12.3. The summed E-state index contributed by atoms with van der Waals surface area (Å²) in [4.78, 5) is 0. The fourth-order valence-corrected chi connectivity index (χ4v) is 4.07. The van der Waals surface area contributed by atoms with Gasteiger partial charge in [-0.15, -0.1) is 0 Å². The lowest BCUT2D eigenvalue weighted by molar-refractivity contribution is 0.201. The molecule has 3 aromatic rings. The summed E-state index contributed by atoms with van der Waals surface area (Å²) in [6, 6.07) is 19.0. The average molecular weight is 467 g/mol. The topological polar surface area (TPSA) is 99.4 Å². The van der Waals surface area contributed by atoms with Crippen molar-refractivity contribution >= 4 is 0 Å². The monoisotopic (exact) mass is 466 g/mol. The molecule has 0 saturated heterocycles. The molecule has 0 amide bonds. The lowest BCUT2D eigenvalue weighted by Gasteiger charge is -2.20. The van der Waals surface area contributed by atoms with Crippen LogP contribution in [0.5, 0.6) is 23.0 Å². The van der Waals surface area contributed by atoms with E-state index in [0.29, 0.717) is 18.6 Å². The molecule has 4 N–H and O–H groups in total. The predicted octanol–water partition coefficient (Wildman–Crippen LogP) is 4.53. The first-order valence-electron chi connectivity index (χ1n) is 11.6. The Hall–Kier alpha value is -3.22. The van der Waals surface area contributed by atoms with Crippen molar-refractivity contribution in [2.45, 2.75) is 38.5 Å². The van der Waals surface area contributed by atoms with Crippen molar-refractivity contribution in [3.63, 3.8) is 0 Å². The molecule has 2 atom stereocenters. The van der Waals surface area contributed by atoms with Gasteiger partial charge in [0.15, 0.2) is 11.5 Å². The van der Waals surface area contributed by atoms with E-state index < -0.39 is 0 Å². The molecule has 182 valence electrons. The highest BCUT2D eigenvalue weighted by molar-refractivity contribution is 5.50. The van der Waals surface area contributed by atoms with Crippen molar-refractivity contribution in [1.82, 2.24) is 0 Å². The average Bonchev–Trinajstić information content (AvgIpc) is 2.86. The molecule has 0 aromatic heterocycles. The van der Waals surface area contributed by atoms with E-state index in [1.54, 1.807) is 6.07 Å². The van der Waals surface area contributed by atoms with Gasteiger partial charge in [-0.2, -0.15) is 0 Å². The first-order chi connectivity index (χ1) is 16.4. The number of hydrogen-bond acceptors (Lipinski definition) is 6. The Kier molecular flexibility index (Phi) is 9.19. The predicted molar refractivity (Wildman–Crippen MR) is 132 cm³/mol. The van der Waals surface area contributed by atoms with E-state index in [4.69, 9.17) is 19.7 Å². The van der Waals surface area contributed by atoms with Gasteiger partial charge in [-0.3, -0.25) is 0 Å². The molecule has 0 saturated carbocycles. The van der Waals surface area contributed by atoms with E-state index in [9.17, 15) is 10.2 Å². The quantitative estimate of drug-likeness (QED) is 0.293. The Morgan fingerprint density at radius 3 is 1.59 bits per heavy atom. The van der Waals surface area contributed by atoms with Crippen molar-refractivity contribution in [3.05, 3.63) is 82.9 Å². The molecule has 0 aliphatic rings. The van der Waals surface area contributed by atoms with Crippen LogP contribution in [-0.2, 0) is 12.8 Å². The fraction of sp³-hybridized carbons (Fsp3) is 0.357. The first-order valence-corrected chi connectivity index (χ1v) is 11.6. The third kappa shape index (κ3) is 6.65. The van der Waals surface area contributed by atoms with Gasteiger partial charge in [0.05, 0.1) is 13.2 Å². The summed E-state index contributed by atoms with van der Waals surface area (Å²) in [5.74, 6) is 1.54. The molecule has 3 rings (SSSR count). The molecule has 6 nitrogen and oxygen atoms in total. The van der Waals surface area contributed by atoms with Crippen molar-refractivity contribution in [2.24, 2.45) is 0 Å². The Morgan fingerprint density at radius 2 is 1.12 bits per heavy atom. The summed E-state index contributed by atoms with van der Waals surface area (Å²) in [6.07, 6.45) is 1.29. The van der Waals surface area contributed by atoms with Crippen LogP contribution >= 0.6 is 0 Å². The van der Waals surface area contributed by atoms with Crippen LogP contribution in [0.15, 0.2) is 60.7 Å². The largest absolute Gasteiger partial charge is 0.504 e. The van der Waals surface area contributed by atoms with Crippen LogP contribution in [0.3, 0.4) is 0 Å². The van der Waals surface area contributed by atoms with Gasteiger partial charge in [0, 0.05) is 5.56 Å². The number of rotatable bonds is 12. The number of aromatic hydroxyl groups is 2. The van der Waals surface area contributed by atoms with Crippen molar-refractivity contribution in [3.8, 4) is 23.0 Å². The van der Waals surface area contributed by atoms with Crippen molar-refractivity contribution < 1.29 is 29.9 Å². The first kappa shape index (κ1) is 25.4. The molecule has 0 bridgehead atoms. The number of aliphatic hydroxyl groups is 2. The van der Waals surface area contributed by atoms with E-state index in [0.717, 1.165) is 28.0 Å². The third-order valence-electron chi connectivity index (χ3n) is 6.01. The summed E-state index contributed by atoms with van der Waals surface area (Å²) in [7, 11) is 0. The third-order valence-corrected chi connectivity index (χ3v) is 6.01. The van der Waals surface area contributed by atoms with E-state index in [1.807, 2.05) is 54.6 Å². The second-order valence-corrected chi connectivity index (χ2v) is 8.56. The molecule has 6 heteroatoms. The van der Waals surface area contributed by atoms with Gasteiger partial charge in [0.25, 0.3) is 0 Å². The minimum atomic E-state index is -0.114. The highest BCUT2D eigenvalue weighted by atomic mass is 16.5. The van der Waals surface area contributed by atoms with Gasteiger partial charge in [-0.05, 0) is 71.7 Å². The molecule has 0 aliphatic heterocycles. The standard InChI is InChI=1S/C28H34O6/c1-19(21-3-8-24(9-4-21)33-15-13-29)17-23-7-12-27(31)28(32)26(23)18-20(2)22-5-10-25(11-6-22)34-16-14-30/h3-12,19-20,29-32H,13-18H2,1-2H3. The lowest BCUT2D eigenvalue weighted by atomic mass is 9.86. The lowest BCUT2D eigenvalue weighted by Crippen LogP contribution is -2.06. The molecule has 34 heavy (non-hydrogen) atoms. The molecular formula is C28H34O6. The van der Waals surface area contributed by atoms with Crippen LogP contribution in [0.25, 0.3) is 0 Å². The van der Waals surface area contributed by atoms with E-state index in [-0.39, 0.29) is 49.8 Å². The molecule has 0 spiro atoms.